The average molecular weight is 313 g/mol. The molecular formula is C17H19N3OS. The van der Waals surface area contributed by atoms with Crippen molar-refractivity contribution in [1.29, 1.82) is 0 Å². The second-order valence-electron chi connectivity index (χ2n) is 5.77. The molecular weight excluding hydrogens is 294 g/mol. The summed E-state index contributed by atoms with van der Waals surface area (Å²) in [5, 5.41) is 5.05. The summed E-state index contributed by atoms with van der Waals surface area (Å²) in [6.45, 7) is 6.12. The number of aromatic nitrogens is 2. The molecule has 0 saturated carbocycles. The lowest BCUT2D eigenvalue weighted by atomic mass is 10.0. The topological polar surface area (TPSA) is 57.8 Å². The molecule has 4 nitrogen and oxygen atoms in total. The lowest BCUT2D eigenvalue weighted by Gasteiger charge is -2.20. The summed E-state index contributed by atoms with van der Waals surface area (Å²) < 4.78 is 0. The molecule has 3 aromatic rings. The highest BCUT2D eigenvalue weighted by molar-refractivity contribution is 7.12. The number of hydrogen-bond acceptors (Lipinski definition) is 3. The van der Waals surface area contributed by atoms with Gasteiger partial charge in [-0.15, -0.1) is 11.3 Å². The van der Waals surface area contributed by atoms with Gasteiger partial charge in [0.15, 0.2) is 0 Å². The highest BCUT2D eigenvalue weighted by Gasteiger charge is 2.23. The molecule has 2 heterocycles. The molecule has 0 bridgehead atoms. The van der Waals surface area contributed by atoms with E-state index in [-0.39, 0.29) is 17.9 Å². The van der Waals surface area contributed by atoms with Crippen LogP contribution in [-0.2, 0) is 0 Å². The summed E-state index contributed by atoms with van der Waals surface area (Å²) in [7, 11) is 0. The van der Waals surface area contributed by atoms with Gasteiger partial charge in [-0.05, 0) is 42.0 Å². The number of imidazole rings is 1. The van der Waals surface area contributed by atoms with Crippen LogP contribution in [0.15, 0.2) is 35.7 Å². The van der Waals surface area contributed by atoms with Gasteiger partial charge in [0.25, 0.3) is 5.91 Å². The molecule has 1 atom stereocenters. The van der Waals surface area contributed by atoms with E-state index in [0.29, 0.717) is 0 Å². The fourth-order valence-electron chi connectivity index (χ4n) is 2.48. The van der Waals surface area contributed by atoms with Gasteiger partial charge < -0.3 is 10.3 Å². The third-order valence-corrected chi connectivity index (χ3v) is 4.74. The van der Waals surface area contributed by atoms with Crippen LogP contribution in [-0.4, -0.2) is 15.9 Å². The third-order valence-electron chi connectivity index (χ3n) is 3.72. The molecule has 0 spiro atoms. The Balaban J connectivity index is 1.90. The summed E-state index contributed by atoms with van der Waals surface area (Å²) in [5.74, 6) is 1.01. The second kappa shape index (κ2) is 5.93. The van der Waals surface area contributed by atoms with Gasteiger partial charge in [0.2, 0.25) is 0 Å². The number of rotatable bonds is 4. The second-order valence-corrected chi connectivity index (χ2v) is 6.68. The Labute approximate surface area is 133 Å². The summed E-state index contributed by atoms with van der Waals surface area (Å²) in [6, 6.07) is 9.73. The number of carbonyl (C=O) groups is 1. The Kier molecular flexibility index (Phi) is 3.98. The van der Waals surface area contributed by atoms with Gasteiger partial charge in [0.05, 0.1) is 22.0 Å². The lowest BCUT2D eigenvalue weighted by molar-refractivity contribution is 0.0927. The van der Waals surface area contributed by atoms with E-state index in [0.717, 1.165) is 27.3 Å². The normalized spacial score (nSPS) is 12.7. The number of fused-ring (bicyclic) bond motifs is 1. The van der Waals surface area contributed by atoms with Crippen molar-refractivity contribution in [2.45, 2.75) is 26.8 Å². The van der Waals surface area contributed by atoms with Gasteiger partial charge in [-0.25, -0.2) is 4.98 Å². The standard InChI is InChI=1S/C17H19N3OS/c1-10(2)14(20-17(21)15-11(3)8-9-22-15)16-18-12-6-4-5-7-13(12)19-16/h4-10,14H,1-3H3,(H,18,19)(H,20,21). The molecule has 3 rings (SSSR count). The van der Waals surface area contributed by atoms with Crippen LogP contribution < -0.4 is 5.32 Å². The van der Waals surface area contributed by atoms with Crippen LogP contribution in [0.5, 0.6) is 0 Å². The van der Waals surface area contributed by atoms with Crippen molar-refractivity contribution in [3.05, 3.63) is 52.0 Å². The predicted octanol–water partition coefficient (Wildman–Crippen LogP) is 4.06. The molecule has 0 aliphatic heterocycles. The maximum Gasteiger partial charge on any atom is 0.262 e. The molecule has 0 aliphatic carbocycles. The Hall–Kier alpha value is -2.14. The lowest BCUT2D eigenvalue weighted by Crippen LogP contribution is -2.32. The summed E-state index contributed by atoms with van der Waals surface area (Å²) in [6.07, 6.45) is 0. The maximum absolute atomic E-state index is 12.5. The van der Waals surface area contributed by atoms with Crippen LogP contribution in [0.1, 0.15) is 40.9 Å². The van der Waals surface area contributed by atoms with Crippen molar-refractivity contribution >= 4 is 28.3 Å². The van der Waals surface area contributed by atoms with Crippen molar-refractivity contribution in [2.75, 3.05) is 0 Å². The van der Waals surface area contributed by atoms with E-state index < -0.39 is 0 Å². The zero-order valence-electron chi connectivity index (χ0n) is 12.9. The zero-order chi connectivity index (χ0) is 15.7. The summed E-state index contributed by atoms with van der Waals surface area (Å²) in [4.78, 5) is 21.2. The van der Waals surface area contributed by atoms with Crippen LogP contribution in [0.2, 0.25) is 0 Å². The van der Waals surface area contributed by atoms with Crippen molar-refractivity contribution < 1.29 is 4.79 Å². The van der Waals surface area contributed by atoms with E-state index in [4.69, 9.17) is 0 Å². The Bertz CT molecular complexity index is 770. The molecule has 0 saturated heterocycles. The van der Waals surface area contributed by atoms with Crippen LogP contribution in [0.25, 0.3) is 11.0 Å². The van der Waals surface area contributed by atoms with E-state index in [1.54, 1.807) is 0 Å². The minimum Gasteiger partial charge on any atom is -0.341 e. The van der Waals surface area contributed by atoms with Crippen LogP contribution in [0.4, 0.5) is 0 Å². The Morgan fingerprint density at radius 3 is 2.68 bits per heavy atom. The quantitative estimate of drug-likeness (QED) is 0.763. The number of amides is 1. The molecule has 0 fully saturated rings. The fraction of sp³-hybridized carbons (Fsp3) is 0.294. The third kappa shape index (κ3) is 2.76. The largest absolute Gasteiger partial charge is 0.341 e. The van der Waals surface area contributed by atoms with Crippen LogP contribution >= 0.6 is 11.3 Å². The van der Waals surface area contributed by atoms with Gasteiger partial charge >= 0.3 is 0 Å². The van der Waals surface area contributed by atoms with Gasteiger partial charge in [0, 0.05) is 0 Å². The number of para-hydroxylation sites is 2. The first-order chi connectivity index (χ1) is 10.6. The van der Waals surface area contributed by atoms with Gasteiger partial charge in [0.1, 0.15) is 5.82 Å². The monoisotopic (exact) mass is 313 g/mol. The first kappa shape index (κ1) is 14.8. The van der Waals surface area contributed by atoms with E-state index in [1.807, 2.05) is 42.6 Å². The van der Waals surface area contributed by atoms with Gasteiger partial charge in [-0.3, -0.25) is 4.79 Å². The molecule has 1 aromatic carbocycles. The van der Waals surface area contributed by atoms with Crippen molar-refractivity contribution in [1.82, 2.24) is 15.3 Å². The van der Waals surface area contributed by atoms with Crippen molar-refractivity contribution in [3.63, 3.8) is 0 Å². The van der Waals surface area contributed by atoms with E-state index in [1.165, 1.54) is 11.3 Å². The highest BCUT2D eigenvalue weighted by atomic mass is 32.1. The van der Waals surface area contributed by atoms with Crippen molar-refractivity contribution in [2.24, 2.45) is 5.92 Å². The first-order valence-corrected chi connectivity index (χ1v) is 8.24. The van der Waals surface area contributed by atoms with Crippen molar-refractivity contribution in [3.8, 4) is 0 Å². The number of benzene rings is 1. The maximum atomic E-state index is 12.5. The SMILES string of the molecule is Cc1ccsc1C(=O)NC(c1nc2ccccc2[nH]1)C(C)C. The minimum absolute atomic E-state index is 0.0355. The molecule has 1 unspecified atom stereocenters. The molecule has 1 amide bonds. The van der Waals surface area contributed by atoms with Crippen LogP contribution in [0.3, 0.4) is 0 Å². The number of thiophene rings is 1. The molecule has 5 heteroatoms. The first-order valence-electron chi connectivity index (χ1n) is 7.36. The Morgan fingerprint density at radius 2 is 2.05 bits per heavy atom. The molecule has 2 aromatic heterocycles. The number of carbonyl (C=O) groups excluding carboxylic acids is 1. The molecule has 0 radical (unpaired) electrons. The molecule has 0 aliphatic rings. The number of H-pyrrole nitrogens is 1. The number of aromatic amines is 1. The van der Waals surface area contributed by atoms with Crippen LogP contribution in [0, 0.1) is 12.8 Å². The Morgan fingerprint density at radius 1 is 1.27 bits per heavy atom. The minimum atomic E-state index is -0.138. The highest BCUT2D eigenvalue weighted by Crippen LogP contribution is 2.24. The molecule has 2 N–H and O–H groups in total. The summed E-state index contributed by atoms with van der Waals surface area (Å²) >= 11 is 1.47. The van der Waals surface area contributed by atoms with E-state index in [9.17, 15) is 4.79 Å². The number of nitrogens with zero attached hydrogens (tertiary/aromatic N) is 1. The predicted molar refractivity (Wildman–Crippen MR) is 90.2 cm³/mol. The van der Waals surface area contributed by atoms with Gasteiger partial charge in [-0.2, -0.15) is 0 Å². The fourth-order valence-corrected chi connectivity index (χ4v) is 3.31. The van der Waals surface area contributed by atoms with E-state index >= 15 is 0 Å². The molecule has 114 valence electrons. The summed E-state index contributed by atoms with van der Waals surface area (Å²) in [5.41, 5.74) is 2.92. The van der Waals surface area contributed by atoms with E-state index in [2.05, 4.69) is 29.1 Å². The smallest absolute Gasteiger partial charge is 0.262 e. The average Bonchev–Trinajstić information content (AvgIpc) is 3.09. The number of nitrogens with one attached hydrogen (secondary N) is 2. The number of hydrogen-bond donors (Lipinski definition) is 2. The zero-order valence-corrected chi connectivity index (χ0v) is 13.7. The van der Waals surface area contributed by atoms with Gasteiger partial charge in [-0.1, -0.05) is 26.0 Å². The molecule has 22 heavy (non-hydrogen) atoms. The number of aryl methyl sites for hydroxylation is 1.